The normalized spacial score (nSPS) is 23.4. The van der Waals surface area contributed by atoms with Crippen LogP contribution in [-0.2, 0) is 20.7 Å². The van der Waals surface area contributed by atoms with Crippen molar-refractivity contribution in [2.75, 3.05) is 59.0 Å². The van der Waals surface area contributed by atoms with Crippen LogP contribution in [0.15, 0.2) is 30.7 Å². The van der Waals surface area contributed by atoms with Crippen LogP contribution in [0, 0.1) is 5.92 Å². The summed E-state index contributed by atoms with van der Waals surface area (Å²) >= 11 is 0. The molecule has 0 saturated carbocycles. The van der Waals surface area contributed by atoms with E-state index in [0.29, 0.717) is 13.2 Å². The number of carbonyl (C=O) groups is 1. The molecular formula is C30H41F3N6O3. The van der Waals surface area contributed by atoms with E-state index < -0.39 is 13.6 Å². The number of nitrogens with one attached hydrogen (secondary N) is 1. The number of benzene rings is 1. The lowest BCUT2D eigenvalue weighted by molar-refractivity contribution is -0.132. The number of hydrogen-bond acceptors (Lipinski definition) is 8. The molecule has 42 heavy (non-hydrogen) atoms. The quantitative estimate of drug-likeness (QED) is 0.425. The van der Waals surface area contributed by atoms with Crippen LogP contribution in [0.2, 0.25) is 0 Å². The summed E-state index contributed by atoms with van der Waals surface area (Å²) in [7, 11) is 3.25. The van der Waals surface area contributed by atoms with Crippen LogP contribution in [-0.4, -0.2) is 97.1 Å². The molecule has 1 spiro atoms. The number of aromatic amines is 1. The number of hydrogen-bond donors (Lipinski definition) is 1. The van der Waals surface area contributed by atoms with Crippen molar-refractivity contribution >= 4 is 23.1 Å². The number of piperidine rings is 1. The summed E-state index contributed by atoms with van der Waals surface area (Å²) < 4.78 is 43.3. The minimum atomic E-state index is -1.75. The molecule has 3 atom stereocenters. The Labute approximate surface area is 244 Å². The Balaban J connectivity index is 0.000000624. The Bertz CT molecular complexity index is 1260. The number of rotatable bonds is 5. The molecule has 3 aromatic rings. The van der Waals surface area contributed by atoms with Gasteiger partial charge in [-0.05, 0) is 56.2 Å². The van der Waals surface area contributed by atoms with Gasteiger partial charge in [-0.15, -0.1) is 0 Å². The second-order valence-corrected chi connectivity index (χ2v) is 11.1. The number of halogens is 3. The van der Waals surface area contributed by atoms with Crippen LogP contribution in [0.4, 0.5) is 19.1 Å². The van der Waals surface area contributed by atoms with Crippen molar-refractivity contribution in [3.8, 4) is 0 Å². The summed E-state index contributed by atoms with van der Waals surface area (Å²) in [5.41, 5.74) is 4.34. The molecule has 2 aromatic heterocycles. The zero-order valence-electron chi connectivity index (χ0n) is 24.6. The molecular weight excluding hydrogens is 549 g/mol. The molecule has 1 N–H and O–H groups in total. The van der Waals surface area contributed by atoms with Crippen LogP contribution in [0.5, 0.6) is 0 Å². The first-order valence-electron chi connectivity index (χ1n) is 14.4. The highest BCUT2D eigenvalue weighted by Crippen LogP contribution is 2.41. The summed E-state index contributed by atoms with van der Waals surface area (Å²) in [5.74, 6) is 0.764. The van der Waals surface area contributed by atoms with Crippen molar-refractivity contribution in [3.05, 3.63) is 47.4 Å². The maximum atomic E-state index is 13.6. The number of aldehydes is 1. The molecule has 0 amide bonds. The highest BCUT2D eigenvalue weighted by atomic mass is 19.3. The monoisotopic (exact) mass is 590 g/mol. The van der Waals surface area contributed by atoms with Gasteiger partial charge in [-0.2, -0.15) is 5.10 Å². The molecule has 12 heteroatoms. The van der Waals surface area contributed by atoms with Crippen molar-refractivity contribution in [1.29, 1.82) is 0 Å². The Morgan fingerprint density at radius 1 is 1.12 bits per heavy atom. The lowest BCUT2D eigenvalue weighted by Crippen LogP contribution is -2.49. The fourth-order valence-electron chi connectivity index (χ4n) is 6.38. The highest BCUT2D eigenvalue weighted by Gasteiger charge is 2.40. The molecule has 230 valence electrons. The summed E-state index contributed by atoms with van der Waals surface area (Å²) in [6.45, 7) is 2.59. The van der Waals surface area contributed by atoms with Crippen LogP contribution in [0.25, 0.3) is 10.9 Å². The van der Waals surface area contributed by atoms with Gasteiger partial charge in [-0.3, -0.25) is 10.00 Å². The first kappa shape index (κ1) is 31.8. The molecule has 6 rings (SSSR count). The first-order chi connectivity index (χ1) is 20.4. The van der Waals surface area contributed by atoms with Crippen LogP contribution in [0.1, 0.15) is 55.3 Å². The number of nitrogens with zero attached hydrogens (tertiary/aromatic N) is 5. The van der Waals surface area contributed by atoms with Crippen molar-refractivity contribution in [2.45, 2.75) is 56.7 Å². The van der Waals surface area contributed by atoms with Crippen LogP contribution >= 0.6 is 0 Å². The van der Waals surface area contributed by atoms with E-state index in [-0.39, 0.29) is 23.6 Å². The van der Waals surface area contributed by atoms with Crippen LogP contribution < -0.4 is 4.90 Å². The first-order valence-corrected chi connectivity index (χ1v) is 14.4. The molecule has 2 saturated heterocycles. The van der Waals surface area contributed by atoms with Gasteiger partial charge in [0, 0.05) is 69.2 Å². The lowest BCUT2D eigenvalue weighted by atomic mass is 9.82. The Morgan fingerprint density at radius 3 is 2.40 bits per heavy atom. The average Bonchev–Trinajstić information content (AvgIpc) is 3.49. The molecule has 5 heterocycles. The highest BCUT2D eigenvalue weighted by molar-refractivity contribution is 5.83. The fourth-order valence-corrected chi connectivity index (χ4v) is 6.38. The van der Waals surface area contributed by atoms with Crippen molar-refractivity contribution < 1.29 is 27.4 Å². The molecule has 9 nitrogen and oxygen atoms in total. The van der Waals surface area contributed by atoms with Gasteiger partial charge in [0.15, 0.2) is 0 Å². The van der Waals surface area contributed by atoms with Gasteiger partial charge in [0.05, 0.1) is 30.0 Å². The van der Waals surface area contributed by atoms with Gasteiger partial charge in [0.2, 0.25) is 12.9 Å². The number of H-pyrrole nitrogens is 1. The zero-order valence-corrected chi connectivity index (χ0v) is 24.6. The third-order valence-electron chi connectivity index (χ3n) is 8.50. The number of fused-ring (bicyclic) bond motifs is 3. The van der Waals surface area contributed by atoms with E-state index in [4.69, 9.17) is 14.7 Å². The standard InChI is InChI=1S/C27H33FN6O2.C2H6O.CH2F2/c1-18-12-22-21(2-3-24-23(22)15-31-32-24)25(34(18)11-8-28)20-13-29-26(30-14-20)33-9-6-27(7-10-33)5-4-19(16-35)17-36-27;1-3-2;2-1-3/h2-3,13-16,18-19,25H,4-12,17H2,1H3,(H,31,32);1-2H3;1H2/t18-,19?,25?;;/m1../s1. The van der Waals surface area contributed by atoms with E-state index in [1.807, 2.05) is 18.6 Å². The maximum absolute atomic E-state index is 13.6. The van der Waals surface area contributed by atoms with Crippen molar-refractivity contribution in [2.24, 2.45) is 5.92 Å². The number of alkyl halides is 3. The largest absolute Gasteiger partial charge is 0.388 e. The van der Waals surface area contributed by atoms with Gasteiger partial charge >= 0.3 is 0 Å². The predicted octanol–water partition coefficient (Wildman–Crippen LogP) is 4.77. The zero-order chi connectivity index (χ0) is 30.1. The van der Waals surface area contributed by atoms with Gasteiger partial charge < -0.3 is 19.2 Å². The number of methoxy groups -OCH3 is 1. The predicted molar refractivity (Wildman–Crippen MR) is 155 cm³/mol. The van der Waals surface area contributed by atoms with E-state index >= 15 is 0 Å². The molecule has 0 bridgehead atoms. The smallest absolute Gasteiger partial charge is 0.229 e. The minimum Gasteiger partial charge on any atom is -0.388 e. The molecule has 2 fully saturated rings. The second-order valence-electron chi connectivity index (χ2n) is 11.1. The maximum Gasteiger partial charge on any atom is 0.229 e. The molecule has 0 aliphatic carbocycles. The second kappa shape index (κ2) is 14.9. The number of aromatic nitrogens is 4. The average molecular weight is 591 g/mol. The Morgan fingerprint density at radius 2 is 1.81 bits per heavy atom. The summed E-state index contributed by atoms with van der Waals surface area (Å²) in [6.07, 6.45) is 11.3. The summed E-state index contributed by atoms with van der Waals surface area (Å²) in [5, 5.41) is 8.44. The molecule has 3 aliphatic heterocycles. The Hall–Kier alpha value is -3.09. The number of ether oxygens (including phenoxy) is 2. The van der Waals surface area contributed by atoms with E-state index in [1.165, 1.54) is 11.1 Å². The molecule has 3 aliphatic rings. The molecule has 2 unspecified atom stereocenters. The fraction of sp³-hybridized carbons (Fsp3) is 0.600. The third kappa shape index (κ3) is 6.92. The molecule has 0 radical (unpaired) electrons. The number of anilines is 1. The van der Waals surface area contributed by atoms with Gasteiger partial charge in [0.1, 0.15) is 13.0 Å². The van der Waals surface area contributed by atoms with Crippen LogP contribution in [0.3, 0.4) is 0 Å². The van der Waals surface area contributed by atoms with E-state index in [9.17, 15) is 18.0 Å². The van der Waals surface area contributed by atoms with Crippen molar-refractivity contribution in [1.82, 2.24) is 25.1 Å². The summed E-state index contributed by atoms with van der Waals surface area (Å²) in [6, 6.07) is 4.28. The van der Waals surface area contributed by atoms with E-state index in [2.05, 4.69) is 43.8 Å². The lowest BCUT2D eigenvalue weighted by Gasteiger charge is -2.45. The van der Waals surface area contributed by atoms with Gasteiger partial charge in [0.25, 0.3) is 0 Å². The van der Waals surface area contributed by atoms with E-state index in [0.717, 1.165) is 73.9 Å². The summed E-state index contributed by atoms with van der Waals surface area (Å²) in [4.78, 5) is 25.1. The Kier molecular flexibility index (Phi) is 11.3. The number of carbonyl (C=O) groups excluding carboxylic acids is 1. The van der Waals surface area contributed by atoms with Gasteiger partial charge in [-0.1, -0.05) is 6.07 Å². The van der Waals surface area contributed by atoms with E-state index in [1.54, 1.807) is 14.2 Å². The van der Waals surface area contributed by atoms with Gasteiger partial charge in [-0.25, -0.2) is 23.1 Å². The van der Waals surface area contributed by atoms with Crippen molar-refractivity contribution in [3.63, 3.8) is 0 Å². The molecule has 1 aromatic carbocycles. The topological polar surface area (TPSA) is 96.5 Å². The SMILES string of the molecule is COC.C[C@@H]1Cc2c(ccc3[nH]ncc23)C(c2cnc(N3CCC4(CCC(C=O)CO4)CC3)nc2)N1CCF.FCF. The minimum absolute atomic E-state index is 0.0405. The third-order valence-corrected chi connectivity index (χ3v) is 8.50.